The predicted octanol–water partition coefficient (Wildman–Crippen LogP) is 2.32. The number of nitrogens with zero attached hydrogens (tertiary/aromatic N) is 3. The topological polar surface area (TPSA) is 75.4 Å². The van der Waals surface area contributed by atoms with Gasteiger partial charge in [0.1, 0.15) is 6.04 Å². The van der Waals surface area contributed by atoms with E-state index in [9.17, 15) is 14.7 Å². The number of hydrogen-bond acceptors (Lipinski definition) is 3. The first-order valence-electron chi connectivity index (χ1n) is 8.11. The molecule has 1 unspecified atom stereocenters. The van der Waals surface area contributed by atoms with Gasteiger partial charge in [0.2, 0.25) is 0 Å². The zero-order valence-corrected chi connectivity index (χ0v) is 13.8. The Hall–Kier alpha value is -2.63. The van der Waals surface area contributed by atoms with Crippen molar-refractivity contribution in [3.63, 3.8) is 0 Å². The summed E-state index contributed by atoms with van der Waals surface area (Å²) in [4.78, 5) is 25.7. The van der Waals surface area contributed by atoms with E-state index in [-0.39, 0.29) is 11.9 Å². The fourth-order valence-electron chi connectivity index (χ4n) is 2.84. The molecule has 0 saturated heterocycles. The maximum Gasteiger partial charge on any atom is 0.326 e. The second-order valence-corrected chi connectivity index (χ2v) is 6.24. The number of hydrogen-bond donors (Lipinski definition) is 1. The Kier molecular flexibility index (Phi) is 4.38. The summed E-state index contributed by atoms with van der Waals surface area (Å²) in [5.74, 6) is -1.23. The lowest BCUT2D eigenvalue weighted by Crippen LogP contribution is -2.44. The Balaban J connectivity index is 1.84. The molecule has 0 radical (unpaired) electrons. The molecule has 1 atom stereocenters. The average Bonchev–Trinajstić information content (AvgIpc) is 3.33. The van der Waals surface area contributed by atoms with Crippen molar-refractivity contribution in [3.05, 3.63) is 53.3 Å². The van der Waals surface area contributed by atoms with Crippen molar-refractivity contribution in [1.29, 1.82) is 0 Å². The summed E-state index contributed by atoms with van der Waals surface area (Å²) < 4.78 is 1.78. The summed E-state index contributed by atoms with van der Waals surface area (Å²) in [5.41, 5.74) is 2.33. The lowest BCUT2D eigenvalue weighted by Gasteiger charge is -2.26. The van der Waals surface area contributed by atoms with Crippen molar-refractivity contribution >= 4 is 11.9 Å². The van der Waals surface area contributed by atoms with E-state index in [1.54, 1.807) is 17.8 Å². The minimum Gasteiger partial charge on any atom is -0.480 e. The summed E-state index contributed by atoms with van der Waals surface area (Å²) in [6.45, 7) is 3.99. The molecule has 6 nitrogen and oxygen atoms in total. The lowest BCUT2D eigenvalue weighted by molar-refractivity contribution is -0.141. The van der Waals surface area contributed by atoms with Gasteiger partial charge < -0.3 is 10.0 Å². The van der Waals surface area contributed by atoms with E-state index in [0.717, 1.165) is 24.1 Å². The third-order valence-corrected chi connectivity index (χ3v) is 4.46. The molecule has 1 aliphatic carbocycles. The van der Waals surface area contributed by atoms with Crippen molar-refractivity contribution in [2.75, 3.05) is 0 Å². The quantitative estimate of drug-likeness (QED) is 0.883. The highest BCUT2D eigenvalue weighted by atomic mass is 16.4. The average molecular weight is 327 g/mol. The zero-order valence-electron chi connectivity index (χ0n) is 13.8. The number of aliphatic carboxylic acids is 1. The summed E-state index contributed by atoms with van der Waals surface area (Å²) in [6.07, 6.45) is 3.27. The molecule has 1 heterocycles. The highest BCUT2D eigenvalue weighted by molar-refractivity contribution is 5.97. The summed E-state index contributed by atoms with van der Waals surface area (Å²) in [7, 11) is 0. The van der Waals surface area contributed by atoms with Gasteiger partial charge >= 0.3 is 5.97 Å². The Morgan fingerprint density at radius 1 is 1.33 bits per heavy atom. The standard InChI is InChI=1S/C18H21N3O3/c1-12-16(10-19-20(12)11-14-6-4-3-5-7-14)17(22)21(15-8-9-15)13(2)18(23)24/h3-7,10,13,15H,8-9,11H2,1-2H3,(H,23,24). The second-order valence-electron chi connectivity index (χ2n) is 6.24. The number of carbonyl (C=O) groups excluding carboxylic acids is 1. The molecule has 1 aromatic heterocycles. The van der Waals surface area contributed by atoms with E-state index in [1.807, 2.05) is 37.3 Å². The van der Waals surface area contributed by atoms with Crippen LogP contribution in [0, 0.1) is 6.92 Å². The Morgan fingerprint density at radius 3 is 2.58 bits per heavy atom. The maximum absolute atomic E-state index is 12.9. The SMILES string of the molecule is Cc1c(C(=O)N(C2CC2)C(C)C(=O)O)cnn1Cc1ccccc1. The minimum atomic E-state index is -0.982. The third-order valence-electron chi connectivity index (χ3n) is 4.46. The van der Waals surface area contributed by atoms with Gasteiger partial charge in [-0.05, 0) is 32.3 Å². The van der Waals surface area contributed by atoms with Crippen molar-refractivity contribution in [2.24, 2.45) is 0 Å². The molecule has 0 bridgehead atoms. The van der Waals surface area contributed by atoms with Crippen LogP contribution in [0.5, 0.6) is 0 Å². The van der Waals surface area contributed by atoms with Crippen LogP contribution in [-0.4, -0.2) is 43.7 Å². The molecule has 0 spiro atoms. The molecule has 1 saturated carbocycles. The molecule has 24 heavy (non-hydrogen) atoms. The molecule has 126 valence electrons. The summed E-state index contributed by atoms with van der Waals surface area (Å²) in [5, 5.41) is 13.6. The minimum absolute atomic E-state index is 0.0282. The van der Waals surface area contributed by atoms with E-state index < -0.39 is 12.0 Å². The Bertz CT molecular complexity index is 750. The molecule has 3 rings (SSSR count). The van der Waals surface area contributed by atoms with Crippen LogP contribution in [0.3, 0.4) is 0 Å². The van der Waals surface area contributed by atoms with E-state index in [2.05, 4.69) is 5.10 Å². The van der Waals surface area contributed by atoms with Gasteiger partial charge in [0.15, 0.2) is 0 Å². The van der Waals surface area contributed by atoms with Crippen molar-refractivity contribution in [3.8, 4) is 0 Å². The van der Waals surface area contributed by atoms with Gasteiger partial charge in [-0.1, -0.05) is 30.3 Å². The highest BCUT2D eigenvalue weighted by Crippen LogP contribution is 2.30. The van der Waals surface area contributed by atoms with Crippen LogP contribution in [0.15, 0.2) is 36.5 Å². The molecule has 0 aliphatic heterocycles. The normalized spacial score (nSPS) is 15.1. The van der Waals surface area contributed by atoms with Gasteiger partial charge in [-0.3, -0.25) is 9.48 Å². The van der Waals surface area contributed by atoms with Crippen molar-refractivity contribution in [1.82, 2.24) is 14.7 Å². The van der Waals surface area contributed by atoms with Gasteiger partial charge in [-0.2, -0.15) is 5.10 Å². The van der Waals surface area contributed by atoms with Crippen LogP contribution in [0.4, 0.5) is 0 Å². The zero-order chi connectivity index (χ0) is 17.3. The van der Waals surface area contributed by atoms with Gasteiger partial charge in [0, 0.05) is 11.7 Å². The van der Waals surface area contributed by atoms with Crippen LogP contribution in [0.25, 0.3) is 0 Å². The second kappa shape index (κ2) is 6.47. The summed E-state index contributed by atoms with van der Waals surface area (Å²) in [6, 6.07) is 9.09. The maximum atomic E-state index is 12.9. The monoisotopic (exact) mass is 327 g/mol. The number of carboxylic acids is 1. The fraction of sp³-hybridized carbons (Fsp3) is 0.389. The Morgan fingerprint density at radius 2 is 2.00 bits per heavy atom. The van der Waals surface area contributed by atoms with E-state index >= 15 is 0 Å². The lowest BCUT2D eigenvalue weighted by atomic mass is 10.1. The Labute approximate surface area is 140 Å². The van der Waals surface area contributed by atoms with Gasteiger partial charge in [-0.25, -0.2) is 4.79 Å². The van der Waals surface area contributed by atoms with Crippen LogP contribution in [0.2, 0.25) is 0 Å². The molecule has 1 fully saturated rings. The third kappa shape index (κ3) is 3.18. The predicted molar refractivity (Wildman–Crippen MR) is 88.8 cm³/mol. The fourth-order valence-corrected chi connectivity index (χ4v) is 2.84. The van der Waals surface area contributed by atoms with Crippen molar-refractivity contribution in [2.45, 2.75) is 45.3 Å². The van der Waals surface area contributed by atoms with Gasteiger partial charge in [0.25, 0.3) is 5.91 Å². The molecule has 1 N–H and O–H groups in total. The van der Waals surface area contributed by atoms with Gasteiger partial charge in [-0.15, -0.1) is 0 Å². The number of rotatable bonds is 6. The number of carboxylic acid groups (broad SMARTS) is 1. The largest absolute Gasteiger partial charge is 0.480 e. The van der Waals surface area contributed by atoms with Crippen molar-refractivity contribution < 1.29 is 14.7 Å². The van der Waals surface area contributed by atoms with Crippen LogP contribution >= 0.6 is 0 Å². The summed E-state index contributed by atoms with van der Waals surface area (Å²) >= 11 is 0. The van der Waals surface area contributed by atoms with E-state index in [0.29, 0.717) is 12.1 Å². The molecule has 6 heteroatoms. The van der Waals surface area contributed by atoms with E-state index in [1.165, 1.54) is 4.90 Å². The number of amides is 1. The first kappa shape index (κ1) is 16.2. The molecule has 2 aromatic rings. The van der Waals surface area contributed by atoms with Crippen LogP contribution in [0.1, 0.15) is 41.4 Å². The first-order chi connectivity index (χ1) is 11.5. The molecule has 1 aliphatic rings. The van der Waals surface area contributed by atoms with Crippen LogP contribution in [-0.2, 0) is 11.3 Å². The number of aromatic nitrogens is 2. The number of benzene rings is 1. The highest BCUT2D eigenvalue weighted by Gasteiger charge is 2.39. The van der Waals surface area contributed by atoms with Crippen LogP contribution < -0.4 is 0 Å². The molecular formula is C18H21N3O3. The first-order valence-corrected chi connectivity index (χ1v) is 8.11. The smallest absolute Gasteiger partial charge is 0.326 e. The molecule has 1 amide bonds. The van der Waals surface area contributed by atoms with E-state index in [4.69, 9.17) is 0 Å². The molecular weight excluding hydrogens is 306 g/mol. The van der Waals surface area contributed by atoms with Gasteiger partial charge in [0.05, 0.1) is 18.3 Å². The number of carbonyl (C=O) groups is 2. The molecule has 1 aromatic carbocycles.